The monoisotopic (exact) mass is 208 g/mol. The molecule has 0 aliphatic carbocycles. The molecule has 2 rings (SSSR count). The van der Waals surface area contributed by atoms with Gasteiger partial charge >= 0.3 is 0 Å². The number of thiazole rings is 1. The van der Waals surface area contributed by atoms with Gasteiger partial charge < -0.3 is 5.73 Å². The Morgan fingerprint density at radius 2 is 2.21 bits per heavy atom. The summed E-state index contributed by atoms with van der Waals surface area (Å²) in [6, 6.07) is 4.70. The van der Waals surface area contributed by atoms with Gasteiger partial charge in [-0.25, -0.2) is 9.37 Å². The normalized spacial score (nSPS) is 10.4. The van der Waals surface area contributed by atoms with Gasteiger partial charge in [-0.3, -0.25) is 0 Å². The van der Waals surface area contributed by atoms with E-state index >= 15 is 0 Å². The molecule has 1 aromatic heterocycles. The fraction of sp³-hybridized carbons (Fsp3) is 0.100. The Balaban J connectivity index is 2.55. The number of halogens is 1. The van der Waals surface area contributed by atoms with Crippen LogP contribution in [0.15, 0.2) is 24.4 Å². The summed E-state index contributed by atoms with van der Waals surface area (Å²) in [5.74, 6) is -0.238. The van der Waals surface area contributed by atoms with E-state index in [0.29, 0.717) is 5.13 Å². The lowest BCUT2D eigenvalue weighted by molar-refractivity contribution is 0.628. The second-order valence-corrected chi connectivity index (χ2v) is 4.08. The number of hydrogen-bond acceptors (Lipinski definition) is 3. The molecule has 0 atom stereocenters. The molecule has 0 radical (unpaired) electrons. The summed E-state index contributed by atoms with van der Waals surface area (Å²) in [5.41, 5.74) is 7.40. The number of nitrogens with zero attached hydrogens (tertiary/aromatic N) is 1. The first-order valence-electron chi connectivity index (χ1n) is 4.14. The van der Waals surface area contributed by atoms with Gasteiger partial charge in [0.05, 0.1) is 4.88 Å². The molecule has 72 valence electrons. The quantitative estimate of drug-likeness (QED) is 0.782. The highest BCUT2D eigenvalue weighted by Crippen LogP contribution is 2.30. The van der Waals surface area contributed by atoms with E-state index in [-0.39, 0.29) is 5.82 Å². The smallest absolute Gasteiger partial charge is 0.180 e. The molecule has 0 fully saturated rings. The summed E-state index contributed by atoms with van der Waals surface area (Å²) in [6.45, 7) is 1.94. The maximum absolute atomic E-state index is 13.0. The molecule has 2 aromatic rings. The predicted octanol–water partition coefficient (Wildman–Crippen LogP) is 2.84. The zero-order valence-electron chi connectivity index (χ0n) is 7.62. The fourth-order valence-corrected chi connectivity index (χ4v) is 2.04. The highest BCUT2D eigenvalue weighted by molar-refractivity contribution is 7.18. The van der Waals surface area contributed by atoms with Crippen molar-refractivity contribution in [1.82, 2.24) is 4.98 Å². The van der Waals surface area contributed by atoms with Crippen molar-refractivity contribution in [3.8, 4) is 10.4 Å². The Bertz CT molecular complexity index is 465. The Morgan fingerprint density at radius 1 is 1.43 bits per heavy atom. The molecule has 2 nitrogen and oxygen atoms in total. The topological polar surface area (TPSA) is 38.9 Å². The van der Waals surface area contributed by atoms with Crippen molar-refractivity contribution < 1.29 is 4.39 Å². The van der Waals surface area contributed by atoms with Crippen LogP contribution in [0.1, 0.15) is 5.56 Å². The summed E-state index contributed by atoms with van der Waals surface area (Å²) in [6.07, 6.45) is 1.67. The van der Waals surface area contributed by atoms with Gasteiger partial charge in [0.25, 0.3) is 0 Å². The van der Waals surface area contributed by atoms with Gasteiger partial charge in [0, 0.05) is 6.20 Å². The van der Waals surface area contributed by atoms with E-state index in [1.165, 1.54) is 23.5 Å². The zero-order valence-corrected chi connectivity index (χ0v) is 8.44. The number of nitrogen functional groups attached to an aromatic ring is 1. The molecule has 14 heavy (non-hydrogen) atoms. The Kier molecular flexibility index (Phi) is 2.21. The van der Waals surface area contributed by atoms with Crippen LogP contribution < -0.4 is 5.73 Å². The summed E-state index contributed by atoms with van der Waals surface area (Å²) < 4.78 is 13.0. The molecule has 0 amide bonds. The second kappa shape index (κ2) is 3.38. The van der Waals surface area contributed by atoms with E-state index in [0.717, 1.165) is 16.0 Å². The lowest BCUT2D eigenvalue weighted by Gasteiger charge is -2.01. The molecule has 2 N–H and O–H groups in total. The van der Waals surface area contributed by atoms with Crippen LogP contribution in [0, 0.1) is 12.7 Å². The number of anilines is 1. The molecule has 1 heterocycles. The first-order chi connectivity index (χ1) is 6.66. The summed E-state index contributed by atoms with van der Waals surface area (Å²) in [5, 5.41) is 0.503. The minimum atomic E-state index is -0.238. The van der Waals surface area contributed by atoms with Crippen LogP contribution >= 0.6 is 11.3 Å². The molecule has 0 aliphatic heterocycles. The molecule has 4 heteroatoms. The van der Waals surface area contributed by atoms with Crippen molar-refractivity contribution in [2.75, 3.05) is 5.73 Å². The van der Waals surface area contributed by atoms with Crippen LogP contribution in [0.2, 0.25) is 0 Å². The zero-order chi connectivity index (χ0) is 10.1. The third-order valence-electron chi connectivity index (χ3n) is 1.99. The van der Waals surface area contributed by atoms with Crippen LogP contribution in [0.5, 0.6) is 0 Å². The predicted molar refractivity (Wildman–Crippen MR) is 56.7 cm³/mol. The van der Waals surface area contributed by atoms with Crippen LogP contribution in [0.25, 0.3) is 10.4 Å². The highest BCUT2D eigenvalue weighted by atomic mass is 32.1. The Hall–Kier alpha value is -1.42. The maximum atomic E-state index is 13.0. The Morgan fingerprint density at radius 3 is 2.86 bits per heavy atom. The number of rotatable bonds is 1. The van der Waals surface area contributed by atoms with Gasteiger partial charge in [0.2, 0.25) is 0 Å². The Labute approximate surface area is 85.2 Å². The van der Waals surface area contributed by atoms with Crippen LogP contribution in [-0.2, 0) is 0 Å². The van der Waals surface area contributed by atoms with E-state index in [1.54, 1.807) is 12.3 Å². The SMILES string of the molecule is Cc1ccc(F)cc1-c1cnc(N)s1. The first kappa shape index (κ1) is 9.15. The van der Waals surface area contributed by atoms with E-state index < -0.39 is 0 Å². The minimum absolute atomic E-state index is 0.238. The molecule has 0 saturated heterocycles. The van der Waals surface area contributed by atoms with Gasteiger partial charge in [-0.15, -0.1) is 0 Å². The van der Waals surface area contributed by atoms with Gasteiger partial charge in [-0.2, -0.15) is 0 Å². The standard InChI is InChI=1S/C10H9FN2S/c1-6-2-3-7(11)4-8(6)9-5-13-10(12)14-9/h2-5H,1H3,(H2,12,13). The fourth-order valence-electron chi connectivity index (χ4n) is 1.27. The van der Waals surface area contributed by atoms with E-state index in [4.69, 9.17) is 5.73 Å². The van der Waals surface area contributed by atoms with Crippen molar-refractivity contribution in [1.29, 1.82) is 0 Å². The molecule has 0 aliphatic rings. The van der Waals surface area contributed by atoms with Gasteiger partial charge in [-0.1, -0.05) is 17.4 Å². The molecule has 0 unspecified atom stereocenters. The van der Waals surface area contributed by atoms with Crippen molar-refractivity contribution in [2.45, 2.75) is 6.92 Å². The minimum Gasteiger partial charge on any atom is -0.375 e. The van der Waals surface area contributed by atoms with Gasteiger partial charge in [0.15, 0.2) is 5.13 Å². The lowest BCUT2D eigenvalue weighted by atomic mass is 10.1. The average Bonchev–Trinajstić information content (AvgIpc) is 2.56. The van der Waals surface area contributed by atoms with Gasteiger partial charge in [0.1, 0.15) is 5.82 Å². The number of aryl methyl sites for hydroxylation is 1. The van der Waals surface area contributed by atoms with E-state index in [9.17, 15) is 4.39 Å². The maximum Gasteiger partial charge on any atom is 0.180 e. The van der Waals surface area contributed by atoms with Gasteiger partial charge in [-0.05, 0) is 30.2 Å². The largest absolute Gasteiger partial charge is 0.375 e. The van der Waals surface area contributed by atoms with E-state index in [2.05, 4.69) is 4.98 Å². The number of benzene rings is 1. The average molecular weight is 208 g/mol. The number of hydrogen-bond donors (Lipinski definition) is 1. The van der Waals surface area contributed by atoms with Crippen molar-refractivity contribution in [3.05, 3.63) is 35.8 Å². The molecular formula is C10H9FN2S. The van der Waals surface area contributed by atoms with Crippen molar-refractivity contribution in [3.63, 3.8) is 0 Å². The van der Waals surface area contributed by atoms with Crippen molar-refractivity contribution in [2.24, 2.45) is 0 Å². The summed E-state index contributed by atoms with van der Waals surface area (Å²) in [7, 11) is 0. The van der Waals surface area contributed by atoms with Crippen molar-refractivity contribution >= 4 is 16.5 Å². The second-order valence-electron chi connectivity index (χ2n) is 3.02. The molecule has 1 aromatic carbocycles. The third kappa shape index (κ3) is 1.61. The lowest BCUT2D eigenvalue weighted by Crippen LogP contribution is -1.82. The molecule has 0 saturated carbocycles. The number of aromatic nitrogens is 1. The number of nitrogens with two attached hydrogens (primary N) is 1. The summed E-state index contributed by atoms with van der Waals surface area (Å²) >= 11 is 1.36. The van der Waals surface area contributed by atoms with Crippen LogP contribution in [-0.4, -0.2) is 4.98 Å². The third-order valence-corrected chi connectivity index (χ3v) is 2.85. The highest BCUT2D eigenvalue weighted by Gasteiger charge is 2.06. The van der Waals surface area contributed by atoms with Crippen LogP contribution in [0.3, 0.4) is 0 Å². The molecule has 0 bridgehead atoms. The van der Waals surface area contributed by atoms with Crippen LogP contribution in [0.4, 0.5) is 9.52 Å². The molecule has 0 spiro atoms. The summed E-state index contributed by atoms with van der Waals surface area (Å²) in [4.78, 5) is 4.84. The van der Waals surface area contributed by atoms with E-state index in [1.807, 2.05) is 6.92 Å². The molecular weight excluding hydrogens is 199 g/mol. The first-order valence-corrected chi connectivity index (χ1v) is 4.96.